The van der Waals surface area contributed by atoms with Crippen molar-refractivity contribution < 1.29 is 19.4 Å². The Labute approximate surface area is 118 Å². The van der Waals surface area contributed by atoms with Crippen molar-refractivity contribution in [3.63, 3.8) is 0 Å². The number of hydrogen-bond donors (Lipinski definition) is 1. The summed E-state index contributed by atoms with van der Waals surface area (Å²) in [5, 5.41) is 3.32. The number of benzene rings is 2. The number of hydrogen-bond acceptors (Lipinski definition) is 3. The Hall–Kier alpha value is -1.67. The first-order chi connectivity index (χ1) is 9.17. The number of aryl methyl sites for hydroxylation is 1. The number of aromatic nitrogens is 1. The van der Waals surface area contributed by atoms with Gasteiger partial charge in [0.25, 0.3) is 0 Å². The Morgan fingerprint density at radius 3 is 2.89 bits per heavy atom. The molecule has 3 nitrogen and oxygen atoms in total. The van der Waals surface area contributed by atoms with Crippen LogP contribution in [0.25, 0.3) is 22.6 Å². The molecule has 0 atom stereocenters. The van der Waals surface area contributed by atoms with Crippen LogP contribution in [0, 0.1) is 11.1 Å². The molecule has 1 heterocycles. The molecule has 0 aromatic heterocycles. The van der Waals surface area contributed by atoms with Gasteiger partial charge >= 0.3 is 118 Å². The van der Waals surface area contributed by atoms with Gasteiger partial charge in [-0.25, -0.2) is 0 Å². The van der Waals surface area contributed by atoms with Gasteiger partial charge in [-0.05, 0) is 0 Å². The van der Waals surface area contributed by atoms with E-state index in [1.807, 2.05) is 30.3 Å². The third kappa shape index (κ3) is 2.28. The van der Waals surface area contributed by atoms with E-state index >= 15 is 0 Å². The van der Waals surface area contributed by atoms with Crippen LogP contribution >= 0.6 is 0 Å². The Balaban J connectivity index is 2.30. The van der Waals surface area contributed by atoms with E-state index < -0.39 is 0 Å². The van der Waals surface area contributed by atoms with Crippen molar-refractivity contribution in [1.29, 1.82) is 0 Å². The molecule has 100 valence electrons. The predicted octanol–water partition coefficient (Wildman–Crippen LogP) is 3.75. The van der Waals surface area contributed by atoms with Gasteiger partial charge in [0.15, 0.2) is 0 Å². The van der Waals surface area contributed by atoms with Gasteiger partial charge in [-0.2, -0.15) is 0 Å². The van der Waals surface area contributed by atoms with Crippen LogP contribution in [-0.2, 0) is 15.0 Å². The summed E-state index contributed by atoms with van der Waals surface area (Å²) >= 11 is 4.84. The molecule has 0 fully saturated rings. The molecule has 2 aliphatic rings. The summed E-state index contributed by atoms with van der Waals surface area (Å²) in [6, 6.07) is 9.69. The summed E-state index contributed by atoms with van der Waals surface area (Å²) in [7, 11) is 0. The van der Waals surface area contributed by atoms with Crippen molar-refractivity contribution in [1.82, 2.24) is 4.98 Å². The molecule has 1 N–H and O–H groups in total. The summed E-state index contributed by atoms with van der Waals surface area (Å²) in [5.41, 5.74) is 4.73. The number of nitrogens with one attached hydrogen (secondary N) is 1. The fourth-order valence-electron chi connectivity index (χ4n) is 2.12. The average molecular weight is 297 g/mol. The van der Waals surface area contributed by atoms with Crippen LogP contribution in [0.4, 0.5) is 5.69 Å². The topological polar surface area (TPSA) is 38.1 Å². The van der Waals surface area contributed by atoms with E-state index in [1.165, 1.54) is 5.56 Å². The Morgan fingerprint density at radius 1 is 1.26 bits per heavy atom. The Kier molecular flexibility index (Phi) is 3.11. The molecule has 1 aromatic rings. The van der Waals surface area contributed by atoms with Crippen LogP contribution in [0.3, 0.4) is 0 Å². The third-order valence-corrected chi connectivity index (χ3v) is 3.34. The number of nitrogens with zero attached hydrogens (tertiary/aromatic N) is 1. The van der Waals surface area contributed by atoms with Crippen LogP contribution in [0.1, 0.15) is 12.5 Å². The van der Waals surface area contributed by atoms with Crippen molar-refractivity contribution in [2.75, 3.05) is 11.9 Å². The summed E-state index contributed by atoms with van der Waals surface area (Å²) in [4.78, 5) is 4.62. The first kappa shape index (κ1) is 12.4. The molecular formula is C15H14N2NiO. The van der Waals surface area contributed by atoms with E-state index in [9.17, 15) is 0 Å². The summed E-state index contributed by atoms with van der Waals surface area (Å²) in [6.45, 7) is 5.02. The maximum absolute atomic E-state index is 5.91. The average Bonchev–Trinajstić information content (AvgIpc) is 2.38. The molecule has 3 rings (SSSR count). The van der Waals surface area contributed by atoms with E-state index in [2.05, 4.69) is 24.1 Å². The third-order valence-electron chi connectivity index (χ3n) is 3.04. The van der Waals surface area contributed by atoms with Gasteiger partial charge < -0.3 is 0 Å². The molecule has 1 aromatic carbocycles. The zero-order valence-corrected chi connectivity index (χ0v) is 11.8. The fraction of sp³-hybridized carbons (Fsp3) is 0.200. The molecule has 1 aliphatic heterocycles. The Bertz CT molecular complexity index is 779. The van der Waals surface area contributed by atoms with E-state index in [1.54, 1.807) is 0 Å². The monoisotopic (exact) mass is 296 g/mol. The van der Waals surface area contributed by atoms with Gasteiger partial charge in [-0.3, -0.25) is 0 Å². The first-order valence-electron chi connectivity index (χ1n) is 6.22. The molecule has 0 saturated heterocycles. The molecule has 0 bridgehead atoms. The SMILES string of the molecule is CCNc1cc2oc3c[c](=[Ni])ccc-3nc2cc1C. The van der Waals surface area contributed by atoms with Crippen molar-refractivity contribution >= 4 is 16.8 Å². The zero-order valence-electron chi connectivity index (χ0n) is 10.8. The molecule has 1 aliphatic carbocycles. The first-order valence-corrected chi connectivity index (χ1v) is 6.71. The second-order valence-corrected chi connectivity index (χ2v) is 5.03. The fourth-order valence-corrected chi connectivity index (χ4v) is 2.33. The Morgan fingerprint density at radius 2 is 2.11 bits per heavy atom. The molecule has 4 heteroatoms. The molecule has 0 radical (unpaired) electrons. The minimum atomic E-state index is 0.738. The van der Waals surface area contributed by atoms with Crippen LogP contribution in [0.5, 0.6) is 0 Å². The molecule has 0 spiro atoms. The summed E-state index contributed by atoms with van der Waals surface area (Å²) in [6.07, 6.45) is 0. The van der Waals surface area contributed by atoms with E-state index in [-0.39, 0.29) is 0 Å². The molecule has 0 amide bonds. The van der Waals surface area contributed by atoms with Crippen molar-refractivity contribution in [2.45, 2.75) is 13.8 Å². The van der Waals surface area contributed by atoms with Crippen molar-refractivity contribution in [3.8, 4) is 11.5 Å². The molecule has 0 unspecified atom stereocenters. The second kappa shape index (κ2) is 4.78. The number of anilines is 1. The van der Waals surface area contributed by atoms with E-state index in [0.717, 1.165) is 38.9 Å². The quantitative estimate of drug-likeness (QED) is 0.578. The summed E-state index contributed by atoms with van der Waals surface area (Å²) in [5.74, 6) is 0.738. The standard InChI is InChI=1S/C15H14N2O.Ni/c1-3-16-12-9-15-13(8-10(12)2)17-11-6-4-5-7-14(11)18-15;/h4,6-9,16H,3H2,1-2H3;. The maximum atomic E-state index is 5.91. The van der Waals surface area contributed by atoms with Gasteiger partial charge in [-0.15, -0.1) is 0 Å². The van der Waals surface area contributed by atoms with E-state index in [4.69, 9.17) is 19.4 Å². The van der Waals surface area contributed by atoms with Gasteiger partial charge in [0, 0.05) is 0 Å². The van der Waals surface area contributed by atoms with Crippen molar-refractivity contribution in [3.05, 3.63) is 40.0 Å². The van der Waals surface area contributed by atoms with Crippen LogP contribution < -0.4 is 5.32 Å². The van der Waals surface area contributed by atoms with Crippen molar-refractivity contribution in [2.24, 2.45) is 0 Å². The summed E-state index contributed by atoms with van der Waals surface area (Å²) < 4.78 is 6.71. The van der Waals surface area contributed by atoms with Crippen LogP contribution in [0.15, 0.2) is 34.7 Å². The second-order valence-electron chi connectivity index (χ2n) is 4.46. The number of rotatable bonds is 2. The molecule has 0 saturated carbocycles. The van der Waals surface area contributed by atoms with Gasteiger partial charge in [0.05, 0.1) is 0 Å². The normalized spacial score (nSPS) is 11.2. The van der Waals surface area contributed by atoms with Crippen LogP contribution in [0.2, 0.25) is 0 Å². The van der Waals surface area contributed by atoms with E-state index in [0.29, 0.717) is 0 Å². The molecular weight excluding hydrogens is 283 g/mol. The zero-order chi connectivity index (χ0) is 13.4. The molecule has 19 heavy (non-hydrogen) atoms. The van der Waals surface area contributed by atoms with Crippen LogP contribution in [-0.4, -0.2) is 11.5 Å². The van der Waals surface area contributed by atoms with Gasteiger partial charge in [-0.1, -0.05) is 0 Å². The number of fused-ring (bicyclic) bond motifs is 2. The van der Waals surface area contributed by atoms with Gasteiger partial charge in [0.1, 0.15) is 0 Å². The van der Waals surface area contributed by atoms with Gasteiger partial charge in [0.2, 0.25) is 0 Å². The predicted molar refractivity (Wildman–Crippen MR) is 72.8 cm³/mol. The minimum absolute atomic E-state index is 0.738.